The zero-order valence-electron chi connectivity index (χ0n) is 13.0. The van der Waals surface area contributed by atoms with Crippen LogP contribution in [-0.2, 0) is 9.59 Å². The van der Waals surface area contributed by atoms with Gasteiger partial charge in [-0.1, -0.05) is 25.1 Å². The van der Waals surface area contributed by atoms with Crippen molar-refractivity contribution in [1.82, 2.24) is 9.80 Å². The number of nitrogens with zero attached hydrogens (tertiary/aromatic N) is 2. The Hall–Kier alpha value is -1.88. The first-order chi connectivity index (χ1) is 10.7. The van der Waals surface area contributed by atoms with Gasteiger partial charge in [-0.15, -0.1) is 0 Å². The van der Waals surface area contributed by atoms with E-state index < -0.39 is 0 Å². The van der Waals surface area contributed by atoms with Crippen LogP contribution in [0.1, 0.15) is 13.3 Å². The first kappa shape index (κ1) is 15.0. The quantitative estimate of drug-likeness (QED) is 0.915. The molecule has 1 aliphatic heterocycles. The van der Waals surface area contributed by atoms with E-state index in [-0.39, 0.29) is 23.7 Å². The first-order valence-corrected chi connectivity index (χ1v) is 8.06. The van der Waals surface area contributed by atoms with Crippen molar-refractivity contribution in [3.8, 4) is 0 Å². The summed E-state index contributed by atoms with van der Waals surface area (Å²) in [6.45, 7) is 6.63. The number of anilines is 1. The van der Waals surface area contributed by atoms with Crippen LogP contribution in [0.2, 0.25) is 0 Å². The predicted molar refractivity (Wildman–Crippen MR) is 85.4 cm³/mol. The van der Waals surface area contributed by atoms with Crippen molar-refractivity contribution in [2.75, 3.05) is 38.0 Å². The summed E-state index contributed by atoms with van der Waals surface area (Å²) in [5.74, 6) is -0.144. The van der Waals surface area contributed by atoms with Gasteiger partial charge in [0.2, 0.25) is 11.8 Å². The van der Waals surface area contributed by atoms with E-state index in [1.807, 2.05) is 35.2 Å². The molecule has 1 saturated heterocycles. The molecule has 5 heteroatoms. The van der Waals surface area contributed by atoms with Gasteiger partial charge in [0.1, 0.15) is 0 Å². The fraction of sp³-hybridized carbons (Fsp3) is 0.529. The van der Waals surface area contributed by atoms with E-state index in [9.17, 15) is 9.59 Å². The van der Waals surface area contributed by atoms with Crippen molar-refractivity contribution >= 4 is 17.5 Å². The second-order valence-electron chi connectivity index (χ2n) is 6.06. The van der Waals surface area contributed by atoms with Crippen molar-refractivity contribution in [3.63, 3.8) is 0 Å². The Morgan fingerprint density at radius 1 is 1.09 bits per heavy atom. The molecule has 1 N–H and O–H groups in total. The van der Waals surface area contributed by atoms with Crippen LogP contribution >= 0.6 is 0 Å². The van der Waals surface area contributed by atoms with Gasteiger partial charge >= 0.3 is 0 Å². The topological polar surface area (TPSA) is 52.7 Å². The molecule has 1 heterocycles. The molecule has 1 aliphatic carbocycles. The number of likely N-dealkylation sites (N-methyl/N-ethyl adjacent to an activating group) is 1. The number of hydrogen-bond donors (Lipinski definition) is 1. The van der Waals surface area contributed by atoms with E-state index in [4.69, 9.17) is 0 Å². The summed E-state index contributed by atoms with van der Waals surface area (Å²) in [5.41, 5.74) is 0.794. The minimum atomic E-state index is -0.156. The maximum absolute atomic E-state index is 12.5. The van der Waals surface area contributed by atoms with E-state index in [1.165, 1.54) is 0 Å². The molecular formula is C17H23N3O2. The van der Waals surface area contributed by atoms with Gasteiger partial charge in [0.05, 0.1) is 11.8 Å². The van der Waals surface area contributed by atoms with Crippen molar-refractivity contribution in [2.45, 2.75) is 13.3 Å². The molecule has 1 aromatic carbocycles. The number of hydrogen-bond acceptors (Lipinski definition) is 3. The summed E-state index contributed by atoms with van der Waals surface area (Å²) in [6.07, 6.45) is 0.686. The van der Waals surface area contributed by atoms with Crippen LogP contribution in [0.3, 0.4) is 0 Å². The van der Waals surface area contributed by atoms with Gasteiger partial charge in [0, 0.05) is 31.9 Å². The van der Waals surface area contributed by atoms with Crippen molar-refractivity contribution in [3.05, 3.63) is 30.3 Å². The number of rotatable bonds is 4. The van der Waals surface area contributed by atoms with Crippen molar-refractivity contribution < 1.29 is 9.59 Å². The van der Waals surface area contributed by atoms with Gasteiger partial charge in [-0.25, -0.2) is 0 Å². The van der Waals surface area contributed by atoms with Gasteiger partial charge in [0.15, 0.2) is 0 Å². The third-order valence-electron chi connectivity index (χ3n) is 4.62. The van der Waals surface area contributed by atoms with E-state index in [2.05, 4.69) is 17.1 Å². The molecule has 3 rings (SSSR count). The smallest absolute Gasteiger partial charge is 0.228 e. The van der Waals surface area contributed by atoms with Crippen LogP contribution in [0.4, 0.5) is 5.69 Å². The summed E-state index contributed by atoms with van der Waals surface area (Å²) in [5, 5.41) is 2.89. The Bertz CT molecular complexity index is 538. The summed E-state index contributed by atoms with van der Waals surface area (Å²) in [7, 11) is 0. The average molecular weight is 301 g/mol. The van der Waals surface area contributed by atoms with Crippen LogP contribution in [0.25, 0.3) is 0 Å². The van der Waals surface area contributed by atoms with E-state index in [0.29, 0.717) is 6.42 Å². The normalized spacial score (nSPS) is 24.9. The molecule has 1 aromatic rings. The zero-order valence-corrected chi connectivity index (χ0v) is 13.0. The molecule has 2 atom stereocenters. The summed E-state index contributed by atoms with van der Waals surface area (Å²) >= 11 is 0. The number of carbonyl (C=O) groups is 2. The molecule has 2 amide bonds. The van der Waals surface area contributed by atoms with Crippen LogP contribution in [0, 0.1) is 11.8 Å². The van der Waals surface area contributed by atoms with Gasteiger partial charge in [-0.2, -0.15) is 0 Å². The molecule has 1 saturated carbocycles. The number of benzene rings is 1. The van der Waals surface area contributed by atoms with Crippen LogP contribution in [-0.4, -0.2) is 54.3 Å². The lowest BCUT2D eigenvalue weighted by Gasteiger charge is -2.34. The minimum Gasteiger partial charge on any atom is -0.340 e. The predicted octanol–water partition coefficient (Wildman–Crippen LogP) is 1.43. The molecule has 2 unspecified atom stereocenters. The highest BCUT2D eigenvalue weighted by Gasteiger charge is 2.49. The van der Waals surface area contributed by atoms with Crippen molar-refractivity contribution in [2.24, 2.45) is 11.8 Å². The number of amides is 2. The molecule has 22 heavy (non-hydrogen) atoms. The Morgan fingerprint density at radius 3 is 2.41 bits per heavy atom. The zero-order chi connectivity index (χ0) is 15.5. The van der Waals surface area contributed by atoms with E-state index in [0.717, 1.165) is 38.4 Å². The highest BCUT2D eigenvalue weighted by molar-refractivity contribution is 5.99. The number of carbonyl (C=O) groups excluding carboxylic acids is 2. The second kappa shape index (κ2) is 6.48. The number of nitrogens with one attached hydrogen (secondary N) is 1. The van der Waals surface area contributed by atoms with Crippen LogP contribution < -0.4 is 5.32 Å². The van der Waals surface area contributed by atoms with Crippen LogP contribution in [0.5, 0.6) is 0 Å². The Balaban J connectivity index is 1.49. The molecule has 118 valence electrons. The van der Waals surface area contributed by atoms with Gasteiger partial charge in [0.25, 0.3) is 0 Å². The Labute approximate surface area is 131 Å². The molecule has 2 aliphatic rings. The highest BCUT2D eigenvalue weighted by Crippen LogP contribution is 2.41. The summed E-state index contributed by atoms with van der Waals surface area (Å²) in [4.78, 5) is 28.9. The summed E-state index contributed by atoms with van der Waals surface area (Å²) < 4.78 is 0. The van der Waals surface area contributed by atoms with Gasteiger partial charge in [-0.05, 0) is 25.1 Å². The molecule has 0 radical (unpaired) electrons. The Morgan fingerprint density at radius 2 is 1.77 bits per heavy atom. The number of piperazine rings is 1. The maximum atomic E-state index is 12.5. The highest BCUT2D eigenvalue weighted by atomic mass is 16.2. The van der Waals surface area contributed by atoms with E-state index >= 15 is 0 Å². The SMILES string of the molecule is CCN1CCN(C(=O)C2CC2C(=O)Nc2ccccc2)CC1. The fourth-order valence-corrected chi connectivity index (χ4v) is 3.03. The molecular weight excluding hydrogens is 278 g/mol. The molecule has 0 bridgehead atoms. The average Bonchev–Trinajstić information content (AvgIpc) is 3.36. The van der Waals surface area contributed by atoms with Crippen molar-refractivity contribution in [1.29, 1.82) is 0 Å². The monoisotopic (exact) mass is 301 g/mol. The molecule has 2 fully saturated rings. The maximum Gasteiger partial charge on any atom is 0.228 e. The fourth-order valence-electron chi connectivity index (χ4n) is 3.03. The third-order valence-corrected chi connectivity index (χ3v) is 4.62. The lowest BCUT2D eigenvalue weighted by molar-refractivity contribution is -0.135. The first-order valence-electron chi connectivity index (χ1n) is 8.06. The molecule has 0 spiro atoms. The molecule has 0 aromatic heterocycles. The number of para-hydroxylation sites is 1. The van der Waals surface area contributed by atoms with E-state index in [1.54, 1.807) is 0 Å². The lowest BCUT2D eigenvalue weighted by Crippen LogP contribution is -2.49. The molecule has 5 nitrogen and oxygen atoms in total. The van der Waals surface area contributed by atoms with Gasteiger partial charge < -0.3 is 15.1 Å². The summed E-state index contributed by atoms with van der Waals surface area (Å²) in [6, 6.07) is 9.41. The third kappa shape index (κ3) is 3.30. The van der Waals surface area contributed by atoms with Crippen LogP contribution in [0.15, 0.2) is 30.3 Å². The van der Waals surface area contributed by atoms with Gasteiger partial charge in [-0.3, -0.25) is 9.59 Å². The Kier molecular flexibility index (Phi) is 4.43. The lowest BCUT2D eigenvalue weighted by atomic mass is 10.2. The second-order valence-corrected chi connectivity index (χ2v) is 6.06. The minimum absolute atomic E-state index is 0.0308. The standard InChI is InChI=1S/C17H23N3O2/c1-2-19-8-10-20(11-9-19)17(22)15-12-14(15)16(21)18-13-6-4-3-5-7-13/h3-7,14-15H,2,8-12H2,1H3,(H,18,21). The largest absolute Gasteiger partial charge is 0.340 e.